The molecule has 0 fully saturated rings. The van der Waals surface area contributed by atoms with Crippen molar-refractivity contribution in [3.8, 4) is 0 Å². The molecule has 0 spiro atoms. The second kappa shape index (κ2) is 19.9. The van der Waals surface area contributed by atoms with Crippen LogP contribution in [0.25, 0.3) is 0 Å². The Balaban J connectivity index is 0. The molecule has 0 saturated heterocycles. The average molecular weight is 359 g/mol. The molecule has 0 aliphatic rings. The summed E-state index contributed by atoms with van der Waals surface area (Å²) in [5.41, 5.74) is 0. The minimum atomic E-state index is 1.22. The van der Waals surface area contributed by atoms with Gasteiger partial charge in [0.1, 0.15) is 0 Å². The zero-order valence-corrected chi connectivity index (χ0v) is 7.50. The first-order valence-corrected chi connectivity index (χ1v) is 5.94. The van der Waals surface area contributed by atoms with Gasteiger partial charge in [-0.15, -0.1) is 0 Å². The van der Waals surface area contributed by atoms with E-state index in [2.05, 4.69) is 18.6 Å². The van der Waals surface area contributed by atoms with Gasteiger partial charge in [-0.2, -0.15) is 0 Å². The monoisotopic (exact) mass is 358 g/mol. The van der Waals surface area contributed by atoms with Crippen molar-refractivity contribution in [2.45, 2.75) is 0 Å². The Morgan fingerprint density at radius 3 is 1.25 bits per heavy atom. The third kappa shape index (κ3) is 8.99. The van der Waals surface area contributed by atoms with Crippen molar-refractivity contribution in [1.29, 1.82) is 0 Å². The molecular formula is Cl2NbPt. The molecule has 0 saturated carbocycles. The van der Waals surface area contributed by atoms with Crippen LogP contribution in [0.3, 0.4) is 0 Å². The molecule has 4 heavy (non-hydrogen) atoms. The number of hydrogen-bond donors (Lipinski definition) is 0. The summed E-state index contributed by atoms with van der Waals surface area (Å²) in [4.78, 5) is 0. The minimum absolute atomic E-state index is 1.22. The zero-order chi connectivity index (χ0) is 4.00. The fourth-order valence-corrected chi connectivity index (χ4v) is 0. The van der Waals surface area contributed by atoms with Crippen LogP contribution < -0.4 is 0 Å². The van der Waals surface area contributed by atoms with E-state index in [4.69, 9.17) is 0 Å². The first-order chi connectivity index (χ1) is 2.00. The zero-order valence-electron chi connectivity index (χ0n) is 1.52. The molecule has 0 nitrogen and oxygen atoms in total. The fourth-order valence-electron chi connectivity index (χ4n) is 0. The average Bonchev–Trinajstić information content (AvgIpc) is 1.50. The third-order valence-corrected chi connectivity index (χ3v) is 0. The van der Waals surface area contributed by atoms with Gasteiger partial charge in [0.05, 0.1) is 0 Å². The second-order valence-electron chi connectivity index (χ2n) is 0. The van der Waals surface area contributed by atoms with Gasteiger partial charge in [0.2, 0.25) is 0 Å². The molecule has 0 aromatic heterocycles. The van der Waals surface area contributed by atoms with Gasteiger partial charge < -0.3 is 0 Å². The summed E-state index contributed by atoms with van der Waals surface area (Å²) < 4.78 is 0. The van der Waals surface area contributed by atoms with Crippen LogP contribution >= 0.6 is 18.6 Å². The molecule has 0 amide bonds. The van der Waals surface area contributed by atoms with Crippen LogP contribution in [0.4, 0.5) is 0 Å². The van der Waals surface area contributed by atoms with Crippen LogP contribution in [-0.4, -0.2) is 0 Å². The Hall–Kier alpha value is 2.01. The van der Waals surface area contributed by atoms with Crippen LogP contribution in [-0.2, 0) is 38.8 Å². The van der Waals surface area contributed by atoms with Crippen LogP contribution in [0.2, 0.25) is 0 Å². The van der Waals surface area contributed by atoms with Gasteiger partial charge in [-0.1, -0.05) is 0 Å². The Kier molecular flexibility index (Phi) is 46.8. The molecular weight excluding hydrogens is 359 g/mol. The normalized spacial score (nSPS) is 3.00. The summed E-state index contributed by atoms with van der Waals surface area (Å²) in [7, 11) is 9.30. The Labute approximate surface area is 56.8 Å². The van der Waals surface area contributed by atoms with Gasteiger partial charge in [-0.25, -0.2) is 0 Å². The molecule has 4 heteroatoms. The van der Waals surface area contributed by atoms with E-state index in [-0.39, 0.29) is 0 Å². The van der Waals surface area contributed by atoms with Crippen LogP contribution in [0.1, 0.15) is 0 Å². The molecule has 0 aliphatic heterocycles. The molecule has 0 aromatic carbocycles. The van der Waals surface area contributed by atoms with Gasteiger partial charge in [-0.3, -0.25) is 0 Å². The second-order valence-corrected chi connectivity index (χ2v) is 0. The van der Waals surface area contributed by atoms with Gasteiger partial charge in [0.25, 0.3) is 0 Å². The topological polar surface area (TPSA) is 0 Å². The predicted molar refractivity (Wildman–Crippen MR) is 11.7 cm³/mol. The molecule has 0 radical (unpaired) electrons. The van der Waals surface area contributed by atoms with E-state index in [1.54, 1.807) is 18.8 Å². The molecule has 0 aromatic rings. The molecule has 0 aliphatic carbocycles. The standard InChI is InChI=1S/2ClH.Nb.Pt/h2*1H;;/q;;2*+1/p-2. The van der Waals surface area contributed by atoms with E-state index >= 15 is 0 Å². The van der Waals surface area contributed by atoms with Crippen LogP contribution in [0, 0.1) is 0 Å². The maximum absolute atomic E-state index is 4.69. The quantitative estimate of drug-likeness (QED) is 0.574. The summed E-state index contributed by atoms with van der Waals surface area (Å²) in [5.74, 6) is 0. The van der Waals surface area contributed by atoms with Crippen molar-refractivity contribution < 1.29 is 38.8 Å². The van der Waals surface area contributed by atoms with Crippen molar-refractivity contribution in [3.63, 3.8) is 0 Å². The fraction of sp³-hybridized carbons (Fsp3) is 0. The van der Waals surface area contributed by atoms with Crippen molar-refractivity contribution >= 4 is 18.6 Å². The molecule has 0 bridgehead atoms. The van der Waals surface area contributed by atoms with E-state index < -0.39 is 0 Å². The van der Waals surface area contributed by atoms with Gasteiger partial charge >= 0.3 is 57.4 Å². The number of rotatable bonds is 0. The first-order valence-electron chi connectivity index (χ1n) is 0.289. The van der Waals surface area contributed by atoms with E-state index in [0.717, 1.165) is 0 Å². The molecule has 0 atom stereocenters. The molecule has 0 rings (SSSR count). The maximum atomic E-state index is 4.69. The predicted octanol–water partition coefficient (Wildman–Crippen LogP) is 1.37. The Bertz CT molecular complexity index is 6.00. The van der Waals surface area contributed by atoms with Crippen LogP contribution in [0.5, 0.6) is 0 Å². The molecule has 29 valence electrons. The summed E-state index contributed by atoms with van der Waals surface area (Å²) in [5, 5.41) is 0. The summed E-state index contributed by atoms with van der Waals surface area (Å²) >= 11 is 2.83. The van der Waals surface area contributed by atoms with Gasteiger partial charge in [-0.05, 0) is 0 Å². The SMILES string of the molecule is [Cl][Nb].[Cl][Pt]. The third-order valence-electron chi connectivity index (χ3n) is 0. The van der Waals surface area contributed by atoms with Crippen LogP contribution in [0.15, 0.2) is 0 Å². The Morgan fingerprint density at radius 1 is 1.25 bits per heavy atom. The van der Waals surface area contributed by atoms with Crippen molar-refractivity contribution in [1.82, 2.24) is 0 Å². The Morgan fingerprint density at radius 2 is 1.25 bits per heavy atom. The van der Waals surface area contributed by atoms with Gasteiger partial charge in [0.15, 0.2) is 0 Å². The molecule has 0 heterocycles. The summed E-state index contributed by atoms with van der Waals surface area (Å²) in [6.45, 7) is 0. The summed E-state index contributed by atoms with van der Waals surface area (Å²) in [6, 6.07) is 0. The number of hydrogen-bond acceptors (Lipinski definition) is 0. The first kappa shape index (κ1) is 9.38. The van der Waals surface area contributed by atoms with Crippen molar-refractivity contribution in [3.05, 3.63) is 0 Å². The van der Waals surface area contributed by atoms with E-state index in [0.29, 0.717) is 0 Å². The van der Waals surface area contributed by atoms with E-state index in [1.165, 1.54) is 20.0 Å². The number of halogens is 2. The molecule has 0 unspecified atom stereocenters. The molecule has 0 N–H and O–H groups in total. The van der Waals surface area contributed by atoms with E-state index in [9.17, 15) is 0 Å². The van der Waals surface area contributed by atoms with Crippen molar-refractivity contribution in [2.75, 3.05) is 0 Å². The van der Waals surface area contributed by atoms with Gasteiger partial charge in [0, 0.05) is 0 Å². The summed E-state index contributed by atoms with van der Waals surface area (Å²) in [6.07, 6.45) is 0. The van der Waals surface area contributed by atoms with Crippen molar-refractivity contribution in [2.24, 2.45) is 0 Å². The van der Waals surface area contributed by atoms with E-state index in [1.807, 2.05) is 0 Å².